The van der Waals surface area contributed by atoms with Crippen molar-refractivity contribution >= 4 is 32.5 Å². The summed E-state index contributed by atoms with van der Waals surface area (Å²) in [6, 6.07) is 17.3. The summed E-state index contributed by atoms with van der Waals surface area (Å²) in [5.74, 6) is -1.22. The molecule has 0 unspecified atom stereocenters. The molecule has 0 spiro atoms. The van der Waals surface area contributed by atoms with Crippen molar-refractivity contribution in [1.82, 2.24) is 0 Å². The lowest BCUT2D eigenvalue weighted by molar-refractivity contribution is -0.135. The summed E-state index contributed by atoms with van der Waals surface area (Å²) in [4.78, 5) is 11.4. The van der Waals surface area contributed by atoms with Crippen molar-refractivity contribution in [3.63, 3.8) is 0 Å². The van der Waals surface area contributed by atoms with Crippen molar-refractivity contribution < 1.29 is 18.3 Å². The molecule has 134 valence electrons. The van der Waals surface area contributed by atoms with E-state index >= 15 is 0 Å². The summed E-state index contributed by atoms with van der Waals surface area (Å²) in [6.07, 6.45) is 0. The fraction of sp³-hybridized carbons (Fsp3) is 0.150. The Labute approximate surface area is 152 Å². The van der Waals surface area contributed by atoms with E-state index in [4.69, 9.17) is 0 Å². The van der Waals surface area contributed by atoms with Gasteiger partial charge in [-0.1, -0.05) is 36.4 Å². The minimum Gasteiger partial charge on any atom is -0.480 e. The minimum absolute atomic E-state index is 0.0654. The van der Waals surface area contributed by atoms with Crippen LogP contribution in [0, 0.1) is 13.8 Å². The van der Waals surface area contributed by atoms with Gasteiger partial charge in [-0.2, -0.15) is 0 Å². The van der Waals surface area contributed by atoms with Gasteiger partial charge in [-0.05, 0) is 60.0 Å². The normalized spacial score (nSPS) is 11.5. The highest BCUT2D eigenvalue weighted by molar-refractivity contribution is 7.92. The molecule has 0 amide bonds. The summed E-state index contributed by atoms with van der Waals surface area (Å²) < 4.78 is 27.3. The highest BCUT2D eigenvalue weighted by atomic mass is 32.2. The Hall–Kier alpha value is -2.86. The van der Waals surface area contributed by atoms with Crippen LogP contribution in [-0.2, 0) is 14.8 Å². The largest absolute Gasteiger partial charge is 0.480 e. The highest BCUT2D eigenvalue weighted by Crippen LogP contribution is 2.27. The van der Waals surface area contributed by atoms with Gasteiger partial charge in [0, 0.05) is 0 Å². The standard InChI is InChI=1S/C20H19NO4S/c1-14-7-9-18(11-15(14)2)21(13-20(22)23)26(24,25)19-10-8-16-5-3-4-6-17(16)12-19/h3-12H,13H2,1-2H3,(H,22,23). The fourth-order valence-corrected chi connectivity index (χ4v) is 4.22. The molecule has 0 saturated heterocycles. The Balaban J connectivity index is 2.13. The molecule has 0 heterocycles. The third kappa shape index (κ3) is 3.41. The van der Waals surface area contributed by atoms with Crippen LogP contribution in [0.15, 0.2) is 65.6 Å². The van der Waals surface area contributed by atoms with Crippen LogP contribution in [0.1, 0.15) is 11.1 Å². The third-order valence-electron chi connectivity index (χ3n) is 4.37. The number of hydrogen-bond donors (Lipinski definition) is 1. The third-order valence-corrected chi connectivity index (χ3v) is 6.14. The van der Waals surface area contributed by atoms with E-state index in [0.29, 0.717) is 5.69 Å². The lowest BCUT2D eigenvalue weighted by Gasteiger charge is -2.23. The molecular formula is C20H19NO4S. The first kappa shape index (κ1) is 17.9. The zero-order valence-corrected chi connectivity index (χ0v) is 15.3. The number of aliphatic carboxylic acids is 1. The first-order valence-corrected chi connectivity index (χ1v) is 9.53. The number of hydrogen-bond acceptors (Lipinski definition) is 3. The second-order valence-corrected chi connectivity index (χ2v) is 8.05. The average Bonchev–Trinajstić information content (AvgIpc) is 2.61. The lowest BCUT2D eigenvalue weighted by atomic mass is 10.1. The SMILES string of the molecule is Cc1ccc(N(CC(=O)O)S(=O)(=O)c2ccc3ccccc3c2)cc1C. The van der Waals surface area contributed by atoms with E-state index in [-0.39, 0.29) is 4.90 Å². The number of carboxylic acid groups (broad SMARTS) is 1. The second kappa shape index (κ2) is 6.80. The van der Waals surface area contributed by atoms with Gasteiger partial charge in [-0.15, -0.1) is 0 Å². The van der Waals surface area contributed by atoms with Gasteiger partial charge in [0.1, 0.15) is 6.54 Å². The van der Waals surface area contributed by atoms with Crippen LogP contribution in [0.2, 0.25) is 0 Å². The van der Waals surface area contributed by atoms with E-state index in [9.17, 15) is 18.3 Å². The van der Waals surface area contributed by atoms with Crippen LogP contribution in [0.3, 0.4) is 0 Å². The fourth-order valence-electron chi connectivity index (χ4n) is 2.77. The Morgan fingerprint density at radius 1 is 0.923 bits per heavy atom. The topological polar surface area (TPSA) is 74.7 Å². The van der Waals surface area contributed by atoms with E-state index in [1.807, 2.05) is 38.1 Å². The van der Waals surface area contributed by atoms with Crippen LogP contribution >= 0.6 is 0 Å². The molecule has 0 bridgehead atoms. The molecule has 3 aromatic rings. The van der Waals surface area contributed by atoms with E-state index in [1.165, 1.54) is 6.07 Å². The minimum atomic E-state index is -4.02. The van der Waals surface area contributed by atoms with Gasteiger partial charge in [0.2, 0.25) is 0 Å². The molecule has 0 atom stereocenters. The Morgan fingerprint density at radius 3 is 2.27 bits per heavy atom. The lowest BCUT2D eigenvalue weighted by Crippen LogP contribution is -2.35. The van der Waals surface area contributed by atoms with Gasteiger partial charge < -0.3 is 5.11 Å². The summed E-state index contributed by atoms with van der Waals surface area (Å²) in [6.45, 7) is 3.14. The second-order valence-electron chi connectivity index (χ2n) is 6.18. The maximum Gasteiger partial charge on any atom is 0.324 e. The molecule has 0 aliphatic carbocycles. The van der Waals surface area contributed by atoms with Gasteiger partial charge in [0.05, 0.1) is 10.6 Å². The van der Waals surface area contributed by atoms with Crippen molar-refractivity contribution in [2.24, 2.45) is 0 Å². The number of benzene rings is 3. The first-order valence-electron chi connectivity index (χ1n) is 8.09. The molecule has 0 saturated carbocycles. The summed E-state index contributed by atoms with van der Waals surface area (Å²) in [5, 5.41) is 10.9. The molecule has 5 nitrogen and oxygen atoms in total. The Morgan fingerprint density at radius 2 is 1.62 bits per heavy atom. The Bertz CT molecular complexity index is 1090. The van der Waals surface area contributed by atoms with E-state index < -0.39 is 22.5 Å². The predicted molar refractivity (Wildman–Crippen MR) is 102 cm³/mol. The van der Waals surface area contributed by atoms with Crippen molar-refractivity contribution in [2.45, 2.75) is 18.7 Å². The maximum atomic E-state index is 13.2. The summed E-state index contributed by atoms with van der Waals surface area (Å²) >= 11 is 0. The highest BCUT2D eigenvalue weighted by Gasteiger charge is 2.27. The molecule has 0 aromatic heterocycles. The summed E-state index contributed by atoms with van der Waals surface area (Å²) in [5.41, 5.74) is 2.24. The van der Waals surface area contributed by atoms with Crippen LogP contribution in [0.4, 0.5) is 5.69 Å². The smallest absolute Gasteiger partial charge is 0.324 e. The number of fused-ring (bicyclic) bond motifs is 1. The van der Waals surface area contributed by atoms with Gasteiger partial charge >= 0.3 is 5.97 Å². The Kier molecular flexibility index (Phi) is 4.70. The first-order chi connectivity index (χ1) is 12.3. The van der Waals surface area contributed by atoms with E-state index in [1.54, 1.807) is 30.3 Å². The molecule has 0 aliphatic heterocycles. The number of sulfonamides is 1. The van der Waals surface area contributed by atoms with Crippen molar-refractivity contribution in [3.8, 4) is 0 Å². The van der Waals surface area contributed by atoms with E-state index in [0.717, 1.165) is 26.2 Å². The summed E-state index contributed by atoms with van der Waals surface area (Å²) in [7, 11) is -4.02. The molecule has 26 heavy (non-hydrogen) atoms. The molecule has 0 aliphatic rings. The number of carboxylic acids is 1. The molecule has 6 heteroatoms. The van der Waals surface area contributed by atoms with Crippen LogP contribution < -0.4 is 4.31 Å². The quantitative estimate of drug-likeness (QED) is 0.743. The van der Waals surface area contributed by atoms with Gasteiger partial charge in [-0.25, -0.2) is 8.42 Å². The molecule has 3 aromatic carbocycles. The van der Waals surface area contributed by atoms with Gasteiger partial charge in [0.25, 0.3) is 10.0 Å². The molecular weight excluding hydrogens is 350 g/mol. The van der Waals surface area contributed by atoms with Crippen molar-refractivity contribution in [1.29, 1.82) is 0 Å². The maximum absolute atomic E-state index is 13.2. The molecule has 0 radical (unpaired) electrons. The van der Waals surface area contributed by atoms with Gasteiger partial charge in [-0.3, -0.25) is 9.10 Å². The molecule has 0 fully saturated rings. The van der Waals surface area contributed by atoms with Crippen LogP contribution in [-0.4, -0.2) is 26.0 Å². The number of carbonyl (C=O) groups is 1. The number of rotatable bonds is 5. The zero-order valence-electron chi connectivity index (χ0n) is 14.5. The number of anilines is 1. The zero-order chi connectivity index (χ0) is 18.9. The number of nitrogens with zero attached hydrogens (tertiary/aromatic N) is 1. The molecule has 1 N–H and O–H groups in total. The van der Waals surface area contributed by atoms with Crippen LogP contribution in [0.5, 0.6) is 0 Å². The number of aryl methyl sites for hydroxylation is 2. The molecule has 3 rings (SSSR count). The van der Waals surface area contributed by atoms with Gasteiger partial charge in [0.15, 0.2) is 0 Å². The monoisotopic (exact) mass is 369 g/mol. The van der Waals surface area contributed by atoms with Crippen LogP contribution in [0.25, 0.3) is 10.8 Å². The predicted octanol–water partition coefficient (Wildman–Crippen LogP) is 3.74. The van der Waals surface area contributed by atoms with Crippen molar-refractivity contribution in [2.75, 3.05) is 10.8 Å². The van der Waals surface area contributed by atoms with Crippen molar-refractivity contribution in [3.05, 3.63) is 71.8 Å². The average molecular weight is 369 g/mol. The van der Waals surface area contributed by atoms with E-state index in [2.05, 4.69) is 0 Å².